The highest BCUT2D eigenvalue weighted by Gasteiger charge is 2.12. The third-order valence-electron chi connectivity index (χ3n) is 3.43. The van der Waals surface area contributed by atoms with Gasteiger partial charge < -0.3 is 19.5 Å². The number of nitrogens with one attached hydrogen (secondary N) is 1. The largest absolute Gasteiger partial charge is 0.493 e. The maximum Gasteiger partial charge on any atom is 0.344 e. The van der Waals surface area contributed by atoms with Crippen molar-refractivity contribution in [2.24, 2.45) is 0 Å². The van der Waals surface area contributed by atoms with Crippen LogP contribution in [0, 0.1) is 13.8 Å². The van der Waals surface area contributed by atoms with Crippen molar-refractivity contribution >= 4 is 29.2 Å². The zero-order valence-corrected chi connectivity index (χ0v) is 15.6. The monoisotopic (exact) mass is 377 g/mol. The number of rotatable bonds is 7. The minimum Gasteiger partial charge on any atom is -0.493 e. The first-order valence-corrected chi connectivity index (χ1v) is 8.26. The summed E-state index contributed by atoms with van der Waals surface area (Å²) >= 11 is 6.04. The standard InChI is InChI=1S/C19H20ClNO5/c1-12-4-6-15(14(20)8-12)21-18(22)10-26-19(23)11-25-16-7-5-13(2)9-17(16)24-3/h4-9H,10-11H2,1-3H3,(H,21,22). The molecule has 2 rings (SSSR count). The summed E-state index contributed by atoms with van der Waals surface area (Å²) in [5.41, 5.74) is 2.44. The zero-order valence-electron chi connectivity index (χ0n) is 14.8. The molecule has 6 nitrogen and oxygen atoms in total. The van der Waals surface area contributed by atoms with Gasteiger partial charge in [0.05, 0.1) is 17.8 Å². The van der Waals surface area contributed by atoms with E-state index in [1.807, 2.05) is 26.0 Å². The Kier molecular flexibility index (Phi) is 6.86. The second kappa shape index (κ2) is 9.10. The molecular formula is C19H20ClNO5. The molecule has 0 spiro atoms. The fourth-order valence-electron chi connectivity index (χ4n) is 2.13. The van der Waals surface area contributed by atoms with Crippen molar-refractivity contribution in [3.05, 3.63) is 52.5 Å². The van der Waals surface area contributed by atoms with Gasteiger partial charge >= 0.3 is 5.97 Å². The minimum absolute atomic E-state index is 0.335. The lowest BCUT2D eigenvalue weighted by Gasteiger charge is -2.11. The molecule has 0 aliphatic rings. The number of amides is 1. The smallest absolute Gasteiger partial charge is 0.344 e. The van der Waals surface area contributed by atoms with Crippen molar-refractivity contribution in [2.45, 2.75) is 13.8 Å². The Morgan fingerprint density at radius 1 is 1.00 bits per heavy atom. The van der Waals surface area contributed by atoms with Crippen molar-refractivity contribution in [2.75, 3.05) is 25.6 Å². The van der Waals surface area contributed by atoms with Crippen molar-refractivity contribution in [3.63, 3.8) is 0 Å². The third-order valence-corrected chi connectivity index (χ3v) is 3.74. The maximum absolute atomic E-state index is 11.9. The van der Waals surface area contributed by atoms with Crippen LogP contribution in [-0.4, -0.2) is 32.2 Å². The summed E-state index contributed by atoms with van der Waals surface area (Å²) < 4.78 is 15.5. The lowest BCUT2D eigenvalue weighted by Crippen LogP contribution is -2.23. The predicted octanol–water partition coefficient (Wildman–Crippen LogP) is 3.53. The van der Waals surface area contributed by atoms with E-state index in [0.717, 1.165) is 11.1 Å². The number of halogens is 1. The van der Waals surface area contributed by atoms with Crippen molar-refractivity contribution in [1.82, 2.24) is 0 Å². The van der Waals surface area contributed by atoms with E-state index in [4.69, 9.17) is 25.8 Å². The van der Waals surface area contributed by atoms with Crippen LogP contribution in [0.15, 0.2) is 36.4 Å². The van der Waals surface area contributed by atoms with Crippen LogP contribution >= 0.6 is 11.6 Å². The number of ether oxygens (including phenoxy) is 3. The Morgan fingerprint density at radius 3 is 2.38 bits per heavy atom. The Bertz CT molecular complexity index is 807. The molecule has 0 fully saturated rings. The van der Waals surface area contributed by atoms with Gasteiger partial charge in [-0.25, -0.2) is 4.79 Å². The molecule has 0 aromatic heterocycles. The molecule has 1 amide bonds. The van der Waals surface area contributed by atoms with Crippen LogP contribution < -0.4 is 14.8 Å². The third kappa shape index (κ3) is 5.67. The van der Waals surface area contributed by atoms with Gasteiger partial charge in [0.1, 0.15) is 0 Å². The molecule has 0 unspecified atom stereocenters. The van der Waals surface area contributed by atoms with E-state index in [1.54, 1.807) is 24.3 Å². The quantitative estimate of drug-likeness (QED) is 0.747. The maximum atomic E-state index is 11.9. The SMILES string of the molecule is COc1cc(C)ccc1OCC(=O)OCC(=O)Nc1ccc(C)cc1Cl. The van der Waals surface area contributed by atoms with E-state index in [9.17, 15) is 9.59 Å². The van der Waals surface area contributed by atoms with Crippen LogP contribution in [-0.2, 0) is 14.3 Å². The first-order chi connectivity index (χ1) is 12.4. The average Bonchev–Trinajstić information content (AvgIpc) is 2.61. The van der Waals surface area contributed by atoms with E-state index in [-0.39, 0.29) is 6.61 Å². The molecule has 0 saturated carbocycles. The minimum atomic E-state index is -0.669. The molecule has 0 atom stereocenters. The Balaban J connectivity index is 1.80. The van der Waals surface area contributed by atoms with Crippen molar-refractivity contribution < 1.29 is 23.8 Å². The fourth-order valence-corrected chi connectivity index (χ4v) is 2.41. The van der Waals surface area contributed by atoms with Gasteiger partial charge in [0.25, 0.3) is 5.91 Å². The van der Waals surface area contributed by atoms with E-state index in [1.165, 1.54) is 7.11 Å². The number of hydrogen-bond donors (Lipinski definition) is 1. The van der Waals surface area contributed by atoms with Gasteiger partial charge in [-0.1, -0.05) is 23.7 Å². The second-order valence-corrected chi connectivity index (χ2v) is 6.04. The fraction of sp³-hybridized carbons (Fsp3) is 0.263. The first-order valence-electron chi connectivity index (χ1n) is 7.88. The molecular weight excluding hydrogens is 358 g/mol. The summed E-state index contributed by atoms with van der Waals surface area (Å²) in [6, 6.07) is 10.6. The van der Waals surface area contributed by atoms with Gasteiger partial charge in [-0.3, -0.25) is 4.79 Å². The molecule has 0 radical (unpaired) electrons. The van der Waals surface area contributed by atoms with Crippen LogP contribution in [0.1, 0.15) is 11.1 Å². The summed E-state index contributed by atoms with van der Waals surface area (Å²) in [5.74, 6) is -0.217. The molecule has 1 N–H and O–H groups in total. The first kappa shape index (κ1) is 19.6. The van der Waals surface area contributed by atoms with E-state index in [0.29, 0.717) is 22.2 Å². The number of aryl methyl sites for hydroxylation is 2. The van der Waals surface area contributed by atoms with Crippen LogP contribution in [0.2, 0.25) is 5.02 Å². The number of methoxy groups -OCH3 is 1. The normalized spacial score (nSPS) is 10.2. The molecule has 0 aliphatic heterocycles. The number of hydrogen-bond acceptors (Lipinski definition) is 5. The summed E-state index contributed by atoms with van der Waals surface area (Å²) in [6.07, 6.45) is 0. The Morgan fingerprint density at radius 2 is 1.69 bits per heavy atom. The topological polar surface area (TPSA) is 73.9 Å². The van der Waals surface area contributed by atoms with Gasteiger partial charge in [0.2, 0.25) is 0 Å². The van der Waals surface area contributed by atoms with E-state index < -0.39 is 18.5 Å². The Labute approximate surface area is 157 Å². The van der Waals surface area contributed by atoms with Gasteiger partial charge in [-0.2, -0.15) is 0 Å². The van der Waals surface area contributed by atoms with Crippen LogP contribution in [0.4, 0.5) is 5.69 Å². The molecule has 7 heteroatoms. The second-order valence-electron chi connectivity index (χ2n) is 5.64. The van der Waals surface area contributed by atoms with Crippen LogP contribution in [0.3, 0.4) is 0 Å². The summed E-state index contributed by atoms with van der Waals surface area (Å²) in [5, 5.41) is 3.00. The molecule has 0 heterocycles. The van der Waals surface area contributed by atoms with Gasteiger partial charge in [0, 0.05) is 0 Å². The zero-order chi connectivity index (χ0) is 19.1. The number of anilines is 1. The molecule has 2 aromatic rings. The summed E-state index contributed by atoms with van der Waals surface area (Å²) in [7, 11) is 1.51. The average molecular weight is 378 g/mol. The molecule has 138 valence electrons. The number of esters is 1. The summed E-state index contributed by atoms with van der Waals surface area (Å²) in [6.45, 7) is 3.04. The van der Waals surface area contributed by atoms with Crippen molar-refractivity contribution in [3.8, 4) is 11.5 Å². The molecule has 0 saturated heterocycles. The van der Waals surface area contributed by atoms with Crippen LogP contribution in [0.5, 0.6) is 11.5 Å². The lowest BCUT2D eigenvalue weighted by molar-refractivity contribution is -0.149. The van der Waals surface area contributed by atoms with Crippen LogP contribution in [0.25, 0.3) is 0 Å². The van der Waals surface area contributed by atoms with Gasteiger partial charge in [-0.15, -0.1) is 0 Å². The molecule has 0 aliphatic carbocycles. The highest BCUT2D eigenvalue weighted by molar-refractivity contribution is 6.33. The predicted molar refractivity (Wildman–Crippen MR) is 99.0 cm³/mol. The molecule has 2 aromatic carbocycles. The number of carbonyl (C=O) groups is 2. The summed E-state index contributed by atoms with van der Waals surface area (Å²) in [4.78, 5) is 23.6. The Hall–Kier alpha value is -2.73. The van der Waals surface area contributed by atoms with E-state index >= 15 is 0 Å². The van der Waals surface area contributed by atoms with Gasteiger partial charge in [0.15, 0.2) is 24.7 Å². The lowest BCUT2D eigenvalue weighted by atomic mass is 10.2. The number of benzene rings is 2. The van der Waals surface area contributed by atoms with Gasteiger partial charge in [-0.05, 0) is 49.2 Å². The van der Waals surface area contributed by atoms with Crippen molar-refractivity contribution in [1.29, 1.82) is 0 Å². The highest BCUT2D eigenvalue weighted by Crippen LogP contribution is 2.27. The van der Waals surface area contributed by atoms with E-state index in [2.05, 4.69) is 5.32 Å². The molecule has 26 heavy (non-hydrogen) atoms. The number of carbonyl (C=O) groups excluding carboxylic acids is 2. The molecule has 0 bridgehead atoms. The highest BCUT2D eigenvalue weighted by atomic mass is 35.5.